The molecule has 3 nitrogen and oxygen atoms in total. The van der Waals surface area contributed by atoms with E-state index in [4.69, 9.17) is 0 Å². The lowest BCUT2D eigenvalue weighted by molar-refractivity contribution is -0.130. The molecule has 1 aliphatic heterocycles. The minimum atomic E-state index is -0.713. The Bertz CT molecular complexity index is 414. The fraction of sp³-hybridized carbons (Fsp3) is 0.462. The smallest absolute Gasteiger partial charge is 0.227 e. The molecule has 0 spiro atoms. The van der Waals surface area contributed by atoms with Crippen LogP contribution in [0.4, 0.5) is 0 Å². The minimum Gasteiger partial charge on any atom is -0.388 e. The zero-order chi connectivity index (χ0) is 12.5. The van der Waals surface area contributed by atoms with Gasteiger partial charge in [-0.3, -0.25) is 4.79 Å². The molecule has 2 rings (SSSR count). The van der Waals surface area contributed by atoms with Crippen molar-refractivity contribution in [3.8, 4) is 0 Å². The lowest BCUT2D eigenvalue weighted by atomic mass is 10.1. The standard InChI is InChI=1S/C13H16BrNO2/c1-13(17)6-7-15(9-13)12(16)8-10-2-4-11(14)5-3-10/h2-5,17H,6-9H2,1H3. The van der Waals surface area contributed by atoms with E-state index in [0.717, 1.165) is 10.0 Å². The van der Waals surface area contributed by atoms with E-state index >= 15 is 0 Å². The summed E-state index contributed by atoms with van der Waals surface area (Å²) < 4.78 is 1.01. The van der Waals surface area contributed by atoms with Crippen LogP contribution in [0, 0.1) is 0 Å². The topological polar surface area (TPSA) is 40.5 Å². The molecular weight excluding hydrogens is 282 g/mol. The summed E-state index contributed by atoms with van der Waals surface area (Å²) in [6.07, 6.45) is 1.07. The van der Waals surface area contributed by atoms with E-state index in [9.17, 15) is 9.90 Å². The van der Waals surface area contributed by atoms with E-state index in [1.54, 1.807) is 11.8 Å². The Labute approximate surface area is 110 Å². The molecular formula is C13H16BrNO2. The Hall–Kier alpha value is -0.870. The van der Waals surface area contributed by atoms with Gasteiger partial charge in [0.05, 0.1) is 12.0 Å². The summed E-state index contributed by atoms with van der Waals surface area (Å²) >= 11 is 3.36. The second-order valence-corrected chi connectivity index (χ2v) is 5.78. The molecule has 1 aromatic rings. The molecule has 1 aromatic carbocycles. The van der Waals surface area contributed by atoms with E-state index in [1.807, 2.05) is 24.3 Å². The monoisotopic (exact) mass is 297 g/mol. The highest BCUT2D eigenvalue weighted by Gasteiger charge is 2.33. The highest BCUT2D eigenvalue weighted by Crippen LogP contribution is 2.21. The number of carbonyl (C=O) groups is 1. The van der Waals surface area contributed by atoms with Gasteiger partial charge >= 0.3 is 0 Å². The zero-order valence-corrected chi connectivity index (χ0v) is 11.4. The first-order valence-electron chi connectivity index (χ1n) is 5.71. The lowest BCUT2D eigenvalue weighted by Gasteiger charge is -2.19. The molecule has 1 aliphatic rings. The van der Waals surface area contributed by atoms with Crippen molar-refractivity contribution in [2.24, 2.45) is 0 Å². The second kappa shape index (κ2) is 4.78. The molecule has 1 amide bonds. The third kappa shape index (κ3) is 3.30. The average Bonchev–Trinajstić information content (AvgIpc) is 2.62. The number of aliphatic hydroxyl groups is 1. The molecule has 1 saturated heterocycles. The van der Waals surface area contributed by atoms with Gasteiger partial charge in [-0.15, -0.1) is 0 Å². The quantitative estimate of drug-likeness (QED) is 0.907. The van der Waals surface area contributed by atoms with Crippen molar-refractivity contribution in [1.29, 1.82) is 0 Å². The van der Waals surface area contributed by atoms with Gasteiger partial charge in [0.15, 0.2) is 0 Å². The Morgan fingerprint density at radius 3 is 2.65 bits per heavy atom. The third-order valence-electron chi connectivity index (χ3n) is 3.07. The summed E-state index contributed by atoms with van der Waals surface area (Å²) in [5.41, 5.74) is 0.291. The van der Waals surface area contributed by atoms with Crippen LogP contribution in [0.25, 0.3) is 0 Å². The Balaban J connectivity index is 1.96. The first-order chi connectivity index (χ1) is 7.96. The normalized spacial score (nSPS) is 24.1. The summed E-state index contributed by atoms with van der Waals surface area (Å²) in [7, 11) is 0. The van der Waals surface area contributed by atoms with Crippen molar-refractivity contribution < 1.29 is 9.90 Å². The molecule has 1 heterocycles. The molecule has 0 bridgehead atoms. The highest BCUT2D eigenvalue weighted by atomic mass is 79.9. The van der Waals surface area contributed by atoms with Crippen molar-refractivity contribution in [2.75, 3.05) is 13.1 Å². The van der Waals surface area contributed by atoms with E-state index in [-0.39, 0.29) is 5.91 Å². The van der Waals surface area contributed by atoms with Crippen LogP contribution in [0.1, 0.15) is 18.9 Å². The molecule has 17 heavy (non-hydrogen) atoms. The predicted molar refractivity (Wildman–Crippen MR) is 69.7 cm³/mol. The van der Waals surface area contributed by atoms with Gasteiger partial charge < -0.3 is 10.0 Å². The zero-order valence-electron chi connectivity index (χ0n) is 9.82. The molecule has 4 heteroatoms. The van der Waals surface area contributed by atoms with Gasteiger partial charge in [0.2, 0.25) is 5.91 Å². The van der Waals surface area contributed by atoms with Crippen LogP contribution in [-0.4, -0.2) is 34.6 Å². The van der Waals surface area contributed by atoms with Crippen molar-refractivity contribution in [1.82, 2.24) is 4.90 Å². The lowest BCUT2D eigenvalue weighted by Crippen LogP contribution is -2.34. The van der Waals surface area contributed by atoms with Crippen LogP contribution in [0.3, 0.4) is 0 Å². The Morgan fingerprint density at radius 1 is 1.47 bits per heavy atom. The number of β-amino-alcohol motifs (C(OH)–C–C–N with tert-alkyl or cyclic N) is 1. The molecule has 92 valence electrons. The second-order valence-electron chi connectivity index (χ2n) is 4.87. The van der Waals surface area contributed by atoms with Gasteiger partial charge in [-0.25, -0.2) is 0 Å². The summed E-state index contributed by atoms with van der Waals surface area (Å²) in [5.74, 6) is 0.0881. The largest absolute Gasteiger partial charge is 0.388 e. The van der Waals surface area contributed by atoms with Gasteiger partial charge in [0.25, 0.3) is 0 Å². The van der Waals surface area contributed by atoms with Crippen molar-refractivity contribution in [3.05, 3.63) is 34.3 Å². The molecule has 0 aliphatic carbocycles. The molecule has 1 atom stereocenters. The number of amides is 1. The summed E-state index contributed by atoms with van der Waals surface area (Å²) in [6, 6.07) is 7.75. The van der Waals surface area contributed by atoms with Crippen molar-refractivity contribution in [3.63, 3.8) is 0 Å². The van der Waals surface area contributed by atoms with Gasteiger partial charge in [-0.05, 0) is 31.0 Å². The minimum absolute atomic E-state index is 0.0881. The molecule has 1 N–H and O–H groups in total. The molecule has 1 unspecified atom stereocenters. The number of rotatable bonds is 2. The maximum Gasteiger partial charge on any atom is 0.227 e. The van der Waals surface area contributed by atoms with Crippen LogP contribution in [0.15, 0.2) is 28.7 Å². The number of carbonyl (C=O) groups excluding carboxylic acids is 1. The predicted octanol–water partition coefficient (Wildman–Crippen LogP) is 1.97. The van der Waals surface area contributed by atoms with E-state index in [1.165, 1.54) is 0 Å². The van der Waals surface area contributed by atoms with E-state index in [2.05, 4.69) is 15.9 Å². The molecule has 1 fully saturated rings. The summed E-state index contributed by atoms with van der Waals surface area (Å²) in [6.45, 7) is 2.88. The van der Waals surface area contributed by atoms with E-state index in [0.29, 0.717) is 25.9 Å². The highest BCUT2D eigenvalue weighted by molar-refractivity contribution is 9.10. The molecule has 0 radical (unpaired) electrons. The SMILES string of the molecule is CC1(O)CCN(C(=O)Cc2ccc(Br)cc2)C1. The number of hydrogen-bond donors (Lipinski definition) is 1. The van der Waals surface area contributed by atoms with Gasteiger partial charge in [0, 0.05) is 17.6 Å². The first-order valence-corrected chi connectivity index (χ1v) is 6.50. The molecule has 0 saturated carbocycles. The first kappa shape index (κ1) is 12.6. The Kier molecular flexibility index (Phi) is 3.54. The molecule has 0 aromatic heterocycles. The maximum absolute atomic E-state index is 12.0. The van der Waals surface area contributed by atoms with Gasteiger partial charge in [0.1, 0.15) is 0 Å². The Morgan fingerprint density at radius 2 is 2.12 bits per heavy atom. The number of hydrogen-bond acceptors (Lipinski definition) is 2. The fourth-order valence-corrected chi connectivity index (χ4v) is 2.31. The summed E-state index contributed by atoms with van der Waals surface area (Å²) in [4.78, 5) is 13.7. The number of likely N-dealkylation sites (tertiary alicyclic amines) is 1. The van der Waals surface area contributed by atoms with Crippen molar-refractivity contribution >= 4 is 21.8 Å². The van der Waals surface area contributed by atoms with E-state index < -0.39 is 5.60 Å². The summed E-state index contributed by atoms with van der Waals surface area (Å²) in [5, 5.41) is 9.82. The van der Waals surface area contributed by atoms with Crippen LogP contribution in [-0.2, 0) is 11.2 Å². The number of halogens is 1. The third-order valence-corrected chi connectivity index (χ3v) is 3.60. The van der Waals surface area contributed by atoms with Gasteiger partial charge in [-0.2, -0.15) is 0 Å². The van der Waals surface area contributed by atoms with Crippen LogP contribution in [0.5, 0.6) is 0 Å². The van der Waals surface area contributed by atoms with Crippen molar-refractivity contribution in [2.45, 2.75) is 25.4 Å². The fourth-order valence-electron chi connectivity index (χ4n) is 2.05. The van der Waals surface area contributed by atoms with Gasteiger partial charge in [-0.1, -0.05) is 28.1 Å². The maximum atomic E-state index is 12.0. The average molecular weight is 298 g/mol. The number of benzene rings is 1. The van der Waals surface area contributed by atoms with Crippen LogP contribution < -0.4 is 0 Å². The van der Waals surface area contributed by atoms with Crippen LogP contribution >= 0.6 is 15.9 Å². The number of nitrogens with zero attached hydrogens (tertiary/aromatic N) is 1. The van der Waals surface area contributed by atoms with Crippen LogP contribution in [0.2, 0.25) is 0 Å².